The Morgan fingerprint density at radius 1 is 1.00 bits per heavy atom. The van der Waals surface area contributed by atoms with Gasteiger partial charge in [-0.25, -0.2) is 9.79 Å². The van der Waals surface area contributed by atoms with E-state index in [2.05, 4.69) is 33.4 Å². The van der Waals surface area contributed by atoms with E-state index in [-0.39, 0.29) is 5.97 Å². The minimum absolute atomic E-state index is 0.306. The number of nitrogens with zero attached hydrogens (tertiary/aromatic N) is 1. The molecule has 3 aromatic carbocycles. The molecule has 3 aromatic rings. The summed E-state index contributed by atoms with van der Waals surface area (Å²) < 4.78 is 6.50. The molecule has 0 spiro atoms. The van der Waals surface area contributed by atoms with Crippen LogP contribution in [0.1, 0.15) is 29.7 Å². The number of ether oxygens (including phenoxy) is 1. The Bertz CT molecular complexity index is 1130. The van der Waals surface area contributed by atoms with Crippen LogP contribution in [0.2, 0.25) is 0 Å². The van der Waals surface area contributed by atoms with Gasteiger partial charge in [0.1, 0.15) is 6.04 Å². The summed E-state index contributed by atoms with van der Waals surface area (Å²) in [4.78, 5) is 18.0. The van der Waals surface area contributed by atoms with E-state index in [0.717, 1.165) is 32.2 Å². The molecule has 6 heteroatoms. The van der Waals surface area contributed by atoms with Crippen molar-refractivity contribution in [3.8, 4) is 0 Å². The number of rotatable bonds is 6. The van der Waals surface area contributed by atoms with Gasteiger partial charge in [-0.15, -0.1) is 0 Å². The molecule has 1 heterocycles. The lowest BCUT2D eigenvalue weighted by Gasteiger charge is -2.27. The highest BCUT2D eigenvalue weighted by atomic mass is 79.9. The maximum Gasteiger partial charge on any atom is 0.338 e. The average molecular weight is 507 g/mol. The van der Waals surface area contributed by atoms with Gasteiger partial charge in [0.2, 0.25) is 0 Å². The lowest BCUT2D eigenvalue weighted by molar-refractivity contribution is -0.138. The van der Waals surface area contributed by atoms with E-state index in [1.54, 1.807) is 11.8 Å². The van der Waals surface area contributed by atoms with Gasteiger partial charge in [-0.1, -0.05) is 100 Å². The number of aliphatic imine (C=N–C) groups is 1. The predicted octanol–water partition coefficient (Wildman–Crippen LogP) is 6.36. The van der Waals surface area contributed by atoms with Crippen LogP contribution >= 0.6 is 27.7 Å². The average Bonchev–Trinajstić information content (AvgIpc) is 2.84. The van der Waals surface area contributed by atoms with Crippen molar-refractivity contribution in [3.63, 3.8) is 0 Å². The molecule has 0 fully saturated rings. The number of benzene rings is 3. The molecule has 0 aromatic heterocycles. The van der Waals surface area contributed by atoms with E-state index < -0.39 is 6.04 Å². The summed E-state index contributed by atoms with van der Waals surface area (Å²) in [5.41, 5.74) is 4.34. The van der Waals surface area contributed by atoms with Crippen LogP contribution in [0.5, 0.6) is 0 Å². The van der Waals surface area contributed by atoms with Crippen LogP contribution in [-0.2, 0) is 15.3 Å². The minimum Gasteiger partial charge on any atom is -0.463 e. The van der Waals surface area contributed by atoms with Gasteiger partial charge in [0, 0.05) is 10.2 Å². The highest BCUT2D eigenvalue weighted by Crippen LogP contribution is 2.36. The van der Waals surface area contributed by atoms with Gasteiger partial charge in [-0.05, 0) is 35.7 Å². The SMILES string of the molecule is CCOC(=O)C1=C(c2ccccc2)NC(SCc2ccc(Br)cc2)=N[C@H]1c1ccccc1. The van der Waals surface area contributed by atoms with Crippen molar-refractivity contribution in [1.29, 1.82) is 0 Å². The molecule has 1 N–H and O–H groups in total. The maximum absolute atomic E-state index is 13.1. The zero-order valence-corrected chi connectivity index (χ0v) is 20.0. The summed E-state index contributed by atoms with van der Waals surface area (Å²) in [6.07, 6.45) is 0. The van der Waals surface area contributed by atoms with Gasteiger partial charge in [0.25, 0.3) is 0 Å². The van der Waals surface area contributed by atoms with Crippen LogP contribution in [0.4, 0.5) is 0 Å². The van der Waals surface area contributed by atoms with Crippen molar-refractivity contribution in [3.05, 3.63) is 112 Å². The standard InChI is InChI=1S/C26H23BrN2O2S/c1-2-31-25(30)22-23(19-9-5-3-6-10-19)28-26(29-24(22)20-11-7-4-8-12-20)32-17-18-13-15-21(27)16-14-18/h3-16,23H,2,17H2,1H3,(H,28,29)/t23-/m0/s1. The van der Waals surface area contributed by atoms with E-state index >= 15 is 0 Å². The normalized spacial score (nSPS) is 15.7. The largest absolute Gasteiger partial charge is 0.463 e. The van der Waals surface area contributed by atoms with E-state index in [9.17, 15) is 4.79 Å². The fourth-order valence-electron chi connectivity index (χ4n) is 3.46. The first-order valence-corrected chi connectivity index (χ1v) is 12.2. The van der Waals surface area contributed by atoms with Gasteiger partial charge in [0.05, 0.1) is 17.9 Å². The number of halogens is 1. The third kappa shape index (κ3) is 5.31. The molecule has 0 amide bonds. The van der Waals surface area contributed by atoms with E-state index in [1.165, 1.54) is 5.56 Å². The van der Waals surface area contributed by atoms with E-state index in [0.29, 0.717) is 12.2 Å². The molecule has 0 unspecified atom stereocenters. The molecule has 0 radical (unpaired) electrons. The Kier molecular flexibility index (Phi) is 7.45. The molecule has 0 bridgehead atoms. The summed E-state index contributed by atoms with van der Waals surface area (Å²) in [6.45, 7) is 2.12. The van der Waals surface area contributed by atoms with Crippen molar-refractivity contribution >= 4 is 44.5 Å². The molecule has 0 aliphatic carbocycles. The Morgan fingerprint density at radius 3 is 2.31 bits per heavy atom. The molecule has 4 nitrogen and oxygen atoms in total. The molecule has 0 saturated carbocycles. The van der Waals surface area contributed by atoms with Crippen molar-refractivity contribution in [2.75, 3.05) is 6.61 Å². The number of hydrogen-bond acceptors (Lipinski definition) is 5. The van der Waals surface area contributed by atoms with Crippen LogP contribution < -0.4 is 5.32 Å². The number of carbonyl (C=O) groups excluding carboxylic acids is 1. The fourth-order valence-corrected chi connectivity index (χ4v) is 4.58. The highest BCUT2D eigenvalue weighted by Gasteiger charge is 2.32. The first-order valence-electron chi connectivity index (χ1n) is 10.4. The first kappa shape index (κ1) is 22.4. The molecule has 162 valence electrons. The second-order valence-electron chi connectivity index (χ2n) is 7.16. The quantitative estimate of drug-likeness (QED) is 0.395. The summed E-state index contributed by atoms with van der Waals surface area (Å²) >= 11 is 5.10. The van der Waals surface area contributed by atoms with Gasteiger partial charge in [-0.3, -0.25) is 0 Å². The molecular formula is C26H23BrN2O2S. The zero-order chi connectivity index (χ0) is 22.3. The maximum atomic E-state index is 13.1. The summed E-state index contributed by atoms with van der Waals surface area (Å²) in [5, 5.41) is 4.19. The summed E-state index contributed by atoms with van der Waals surface area (Å²) in [5.74, 6) is 0.408. The second kappa shape index (κ2) is 10.7. The Hall–Kier alpha value is -2.83. The number of thioether (sulfide) groups is 1. The van der Waals surface area contributed by atoms with Crippen molar-refractivity contribution in [1.82, 2.24) is 5.32 Å². The van der Waals surface area contributed by atoms with Crippen LogP contribution in [0.3, 0.4) is 0 Å². The van der Waals surface area contributed by atoms with E-state index in [1.807, 2.05) is 79.7 Å². The number of nitrogens with one attached hydrogen (secondary N) is 1. The summed E-state index contributed by atoms with van der Waals surface area (Å²) in [6, 6.07) is 27.6. The number of carbonyl (C=O) groups is 1. The third-order valence-electron chi connectivity index (χ3n) is 4.98. The zero-order valence-electron chi connectivity index (χ0n) is 17.6. The lowest BCUT2D eigenvalue weighted by atomic mass is 9.94. The molecular weight excluding hydrogens is 484 g/mol. The topological polar surface area (TPSA) is 50.7 Å². The van der Waals surface area contributed by atoms with Crippen LogP contribution in [0.15, 0.2) is 100.0 Å². The third-order valence-corrected chi connectivity index (χ3v) is 6.47. The van der Waals surface area contributed by atoms with Gasteiger partial charge < -0.3 is 10.1 Å². The molecule has 32 heavy (non-hydrogen) atoms. The van der Waals surface area contributed by atoms with Crippen LogP contribution in [0.25, 0.3) is 5.70 Å². The molecule has 4 rings (SSSR count). The highest BCUT2D eigenvalue weighted by molar-refractivity contribution is 9.10. The lowest BCUT2D eigenvalue weighted by Crippen LogP contribution is -2.31. The van der Waals surface area contributed by atoms with Crippen molar-refractivity contribution < 1.29 is 9.53 Å². The van der Waals surface area contributed by atoms with Gasteiger partial charge >= 0.3 is 5.97 Å². The van der Waals surface area contributed by atoms with Crippen molar-refractivity contribution in [2.24, 2.45) is 4.99 Å². The van der Waals surface area contributed by atoms with Crippen molar-refractivity contribution in [2.45, 2.75) is 18.7 Å². The number of esters is 1. The Morgan fingerprint density at radius 2 is 1.66 bits per heavy atom. The smallest absolute Gasteiger partial charge is 0.338 e. The molecule has 1 aliphatic heterocycles. The summed E-state index contributed by atoms with van der Waals surface area (Å²) in [7, 11) is 0. The monoisotopic (exact) mass is 506 g/mol. The molecule has 0 saturated heterocycles. The van der Waals surface area contributed by atoms with Crippen LogP contribution in [-0.4, -0.2) is 17.7 Å². The van der Waals surface area contributed by atoms with Crippen LogP contribution in [0, 0.1) is 0 Å². The molecule has 1 atom stereocenters. The van der Waals surface area contributed by atoms with Gasteiger partial charge in [0.15, 0.2) is 5.17 Å². The van der Waals surface area contributed by atoms with Gasteiger partial charge in [-0.2, -0.15) is 0 Å². The Balaban J connectivity index is 1.74. The minimum atomic E-state index is -0.445. The molecule has 1 aliphatic rings. The first-order chi connectivity index (χ1) is 15.7. The number of hydrogen-bond donors (Lipinski definition) is 1. The fraction of sp³-hybridized carbons (Fsp3) is 0.154. The van der Waals surface area contributed by atoms with E-state index in [4.69, 9.17) is 9.73 Å². The second-order valence-corrected chi connectivity index (χ2v) is 9.04. The predicted molar refractivity (Wildman–Crippen MR) is 135 cm³/mol. The number of amidine groups is 1. The Labute approximate surface area is 200 Å².